The maximum Gasteiger partial charge on any atom is 0.0829 e. The molecule has 0 aromatic carbocycles. The van der Waals surface area contributed by atoms with E-state index >= 15 is 0 Å². The van der Waals surface area contributed by atoms with Gasteiger partial charge in [-0.1, -0.05) is 13.8 Å². The summed E-state index contributed by atoms with van der Waals surface area (Å²) in [6.45, 7) is 15.8. The van der Waals surface area contributed by atoms with Crippen molar-refractivity contribution in [3.63, 3.8) is 0 Å². The van der Waals surface area contributed by atoms with Crippen molar-refractivity contribution >= 4 is 0 Å². The van der Waals surface area contributed by atoms with Crippen LogP contribution in [0.1, 0.15) is 33.6 Å². The second-order valence-electron chi connectivity index (χ2n) is 6.37. The fourth-order valence-electron chi connectivity index (χ4n) is 3.59. The van der Waals surface area contributed by atoms with Crippen molar-refractivity contribution in [1.82, 2.24) is 15.1 Å². The van der Waals surface area contributed by atoms with Crippen LogP contribution in [0.15, 0.2) is 0 Å². The molecule has 0 saturated carbocycles. The number of ether oxygens (including phenoxy) is 1. The second-order valence-corrected chi connectivity index (χ2v) is 6.37. The molecule has 2 heterocycles. The Kier molecular flexibility index (Phi) is 6.75. The van der Waals surface area contributed by atoms with Crippen molar-refractivity contribution < 1.29 is 4.74 Å². The zero-order valence-corrected chi connectivity index (χ0v) is 13.6. The van der Waals surface area contributed by atoms with Crippen LogP contribution in [-0.4, -0.2) is 74.4 Å². The summed E-state index contributed by atoms with van der Waals surface area (Å²) in [6.07, 6.45) is 3.09. The van der Waals surface area contributed by atoms with E-state index in [-0.39, 0.29) is 0 Å². The summed E-state index contributed by atoms with van der Waals surface area (Å²) < 4.78 is 5.93. The molecule has 0 radical (unpaired) electrons. The van der Waals surface area contributed by atoms with E-state index in [0.29, 0.717) is 12.1 Å². The number of hydrogen-bond donors (Lipinski definition) is 1. The molecule has 0 amide bonds. The molecule has 4 nitrogen and oxygen atoms in total. The normalized spacial score (nSPS) is 28.6. The van der Waals surface area contributed by atoms with E-state index in [2.05, 4.69) is 35.9 Å². The first-order chi connectivity index (χ1) is 9.72. The Morgan fingerprint density at radius 1 is 1.15 bits per heavy atom. The Bertz CT molecular complexity index is 266. The molecule has 20 heavy (non-hydrogen) atoms. The van der Waals surface area contributed by atoms with Crippen molar-refractivity contribution in [2.24, 2.45) is 5.92 Å². The molecule has 2 aliphatic heterocycles. The maximum absolute atomic E-state index is 5.93. The summed E-state index contributed by atoms with van der Waals surface area (Å²) in [6, 6.07) is 0.670. The third-order valence-electron chi connectivity index (χ3n) is 5.00. The summed E-state index contributed by atoms with van der Waals surface area (Å²) in [5, 5.41) is 3.57. The van der Waals surface area contributed by atoms with Crippen molar-refractivity contribution in [3.8, 4) is 0 Å². The molecule has 0 spiro atoms. The lowest BCUT2D eigenvalue weighted by molar-refractivity contribution is -0.0457. The number of nitrogens with zero attached hydrogens (tertiary/aromatic N) is 2. The topological polar surface area (TPSA) is 27.7 Å². The van der Waals surface area contributed by atoms with E-state index in [1.807, 2.05) is 0 Å². The number of piperidine rings is 1. The van der Waals surface area contributed by atoms with Crippen LogP contribution in [-0.2, 0) is 4.74 Å². The molecule has 2 aliphatic rings. The lowest BCUT2D eigenvalue weighted by atomic mass is 9.90. The van der Waals surface area contributed by atoms with Crippen molar-refractivity contribution in [2.45, 2.75) is 45.8 Å². The second kappa shape index (κ2) is 8.32. The predicted octanol–water partition coefficient (Wildman–Crippen LogP) is 1.42. The van der Waals surface area contributed by atoms with E-state index in [4.69, 9.17) is 4.74 Å². The third kappa shape index (κ3) is 4.69. The summed E-state index contributed by atoms with van der Waals surface area (Å²) >= 11 is 0. The van der Waals surface area contributed by atoms with E-state index < -0.39 is 0 Å². The minimum atomic E-state index is 0.423. The SMILES string of the molecule is CCNC(C)C1CCN(CC2CN(CC)CCO2)CC1. The fraction of sp³-hybridized carbons (Fsp3) is 1.00. The van der Waals surface area contributed by atoms with E-state index in [1.165, 1.54) is 25.9 Å². The molecular weight excluding hydrogens is 250 g/mol. The zero-order chi connectivity index (χ0) is 14.4. The number of morpholine rings is 1. The molecule has 118 valence electrons. The first-order valence-corrected chi connectivity index (χ1v) is 8.52. The molecule has 0 bridgehead atoms. The van der Waals surface area contributed by atoms with Crippen LogP contribution < -0.4 is 5.32 Å². The minimum absolute atomic E-state index is 0.423. The van der Waals surface area contributed by atoms with E-state index in [9.17, 15) is 0 Å². The van der Waals surface area contributed by atoms with Gasteiger partial charge in [0.2, 0.25) is 0 Å². The van der Waals surface area contributed by atoms with Gasteiger partial charge in [0.25, 0.3) is 0 Å². The zero-order valence-electron chi connectivity index (χ0n) is 13.6. The van der Waals surface area contributed by atoms with Gasteiger partial charge in [0, 0.05) is 25.7 Å². The first kappa shape index (κ1) is 16.2. The average Bonchev–Trinajstić information content (AvgIpc) is 2.48. The Morgan fingerprint density at radius 2 is 1.90 bits per heavy atom. The van der Waals surface area contributed by atoms with Gasteiger partial charge in [-0.05, 0) is 51.9 Å². The van der Waals surface area contributed by atoms with Gasteiger partial charge in [-0.15, -0.1) is 0 Å². The standard InChI is InChI=1S/C16H33N3O/c1-4-17-14(3)15-6-8-19(9-7-15)13-16-12-18(5-2)10-11-20-16/h14-17H,4-13H2,1-3H3. The number of rotatable bonds is 6. The smallest absolute Gasteiger partial charge is 0.0829 e. The molecule has 4 heteroatoms. The number of likely N-dealkylation sites (N-methyl/N-ethyl adjacent to an activating group) is 1. The first-order valence-electron chi connectivity index (χ1n) is 8.52. The highest BCUT2D eigenvalue weighted by Gasteiger charge is 2.26. The third-order valence-corrected chi connectivity index (χ3v) is 5.00. The Hall–Kier alpha value is -0.160. The Labute approximate surface area is 124 Å². The fourth-order valence-corrected chi connectivity index (χ4v) is 3.59. The molecule has 1 N–H and O–H groups in total. The van der Waals surface area contributed by atoms with Crippen molar-refractivity contribution in [2.75, 3.05) is 52.4 Å². The van der Waals surface area contributed by atoms with Crippen LogP contribution >= 0.6 is 0 Å². The van der Waals surface area contributed by atoms with Gasteiger partial charge in [0.15, 0.2) is 0 Å². The number of likely N-dealkylation sites (tertiary alicyclic amines) is 1. The van der Waals surface area contributed by atoms with Crippen LogP contribution in [0.5, 0.6) is 0 Å². The largest absolute Gasteiger partial charge is 0.374 e. The quantitative estimate of drug-likeness (QED) is 0.798. The number of nitrogens with one attached hydrogen (secondary N) is 1. The van der Waals surface area contributed by atoms with Gasteiger partial charge < -0.3 is 15.0 Å². The summed E-state index contributed by atoms with van der Waals surface area (Å²) in [4.78, 5) is 5.12. The van der Waals surface area contributed by atoms with Crippen LogP contribution in [0, 0.1) is 5.92 Å². The van der Waals surface area contributed by atoms with Gasteiger partial charge >= 0.3 is 0 Å². The molecule has 0 aromatic heterocycles. The monoisotopic (exact) mass is 283 g/mol. The minimum Gasteiger partial charge on any atom is -0.374 e. The van der Waals surface area contributed by atoms with Gasteiger partial charge in [0.05, 0.1) is 12.7 Å². The summed E-state index contributed by atoms with van der Waals surface area (Å²) in [5.74, 6) is 0.852. The van der Waals surface area contributed by atoms with Crippen LogP contribution in [0.2, 0.25) is 0 Å². The Balaban J connectivity index is 1.69. The van der Waals surface area contributed by atoms with Crippen molar-refractivity contribution in [1.29, 1.82) is 0 Å². The van der Waals surface area contributed by atoms with Gasteiger partial charge in [-0.25, -0.2) is 0 Å². The summed E-state index contributed by atoms with van der Waals surface area (Å²) in [5.41, 5.74) is 0. The lowest BCUT2D eigenvalue weighted by Crippen LogP contribution is -2.49. The predicted molar refractivity (Wildman–Crippen MR) is 84.2 cm³/mol. The van der Waals surface area contributed by atoms with Gasteiger partial charge in [-0.2, -0.15) is 0 Å². The Morgan fingerprint density at radius 3 is 2.55 bits per heavy atom. The molecule has 2 rings (SSSR count). The summed E-state index contributed by atoms with van der Waals surface area (Å²) in [7, 11) is 0. The molecule has 0 aliphatic carbocycles. The molecule has 2 saturated heterocycles. The molecular formula is C16H33N3O. The van der Waals surface area contributed by atoms with E-state index in [0.717, 1.165) is 45.2 Å². The van der Waals surface area contributed by atoms with Crippen LogP contribution in [0.4, 0.5) is 0 Å². The van der Waals surface area contributed by atoms with Crippen molar-refractivity contribution in [3.05, 3.63) is 0 Å². The average molecular weight is 283 g/mol. The highest BCUT2D eigenvalue weighted by Crippen LogP contribution is 2.21. The lowest BCUT2D eigenvalue weighted by Gasteiger charge is -2.39. The highest BCUT2D eigenvalue weighted by atomic mass is 16.5. The van der Waals surface area contributed by atoms with Crippen LogP contribution in [0.25, 0.3) is 0 Å². The maximum atomic E-state index is 5.93. The van der Waals surface area contributed by atoms with Gasteiger partial charge in [0.1, 0.15) is 0 Å². The van der Waals surface area contributed by atoms with Gasteiger partial charge in [-0.3, -0.25) is 4.90 Å². The highest BCUT2D eigenvalue weighted by molar-refractivity contribution is 4.82. The van der Waals surface area contributed by atoms with Crippen LogP contribution in [0.3, 0.4) is 0 Å². The van der Waals surface area contributed by atoms with E-state index in [1.54, 1.807) is 0 Å². The molecule has 2 atom stereocenters. The molecule has 2 fully saturated rings. The molecule has 2 unspecified atom stereocenters. The molecule has 0 aromatic rings. The number of hydrogen-bond acceptors (Lipinski definition) is 4.